The fraction of sp³-hybridized carbons (Fsp3) is 0.278. The Morgan fingerprint density at radius 3 is 2.26 bits per heavy atom. The molecule has 9 heteroatoms. The summed E-state index contributed by atoms with van der Waals surface area (Å²) in [4.78, 5) is 12.2. The fourth-order valence-corrected chi connectivity index (χ4v) is 7.37. The lowest BCUT2D eigenvalue weighted by molar-refractivity contribution is 0.0951. The smallest absolute Gasteiger partial charge is 0.251 e. The maximum absolute atomic E-state index is 12.6. The molecule has 1 N–H and O–H groups in total. The van der Waals surface area contributed by atoms with Crippen molar-refractivity contribution in [2.45, 2.75) is 23.1 Å². The van der Waals surface area contributed by atoms with E-state index < -0.39 is 24.9 Å². The first-order chi connectivity index (χ1) is 12.7. The van der Waals surface area contributed by atoms with Gasteiger partial charge in [0.1, 0.15) is 0 Å². The number of rotatable bonds is 5. The molecule has 2 aromatic carbocycles. The number of halogens is 1. The van der Waals surface area contributed by atoms with Gasteiger partial charge in [-0.05, 0) is 48.4 Å². The second kappa shape index (κ2) is 7.61. The molecule has 1 amide bonds. The van der Waals surface area contributed by atoms with Crippen molar-refractivity contribution in [2.24, 2.45) is 0 Å². The van der Waals surface area contributed by atoms with Crippen LogP contribution in [0, 0.1) is 0 Å². The fourth-order valence-electron chi connectivity index (χ4n) is 2.88. The van der Waals surface area contributed by atoms with Crippen molar-refractivity contribution >= 4 is 37.2 Å². The molecule has 144 valence electrons. The number of carbonyl (C=O) groups is 1. The Morgan fingerprint density at radius 2 is 1.70 bits per heavy atom. The summed E-state index contributed by atoms with van der Waals surface area (Å²) in [5, 5.41) is 2.43. The average molecular weight is 428 g/mol. The van der Waals surface area contributed by atoms with Crippen LogP contribution in [0.15, 0.2) is 53.4 Å². The van der Waals surface area contributed by atoms with E-state index in [2.05, 4.69) is 5.32 Å². The number of amides is 1. The molecule has 1 aliphatic rings. The van der Waals surface area contributed by atoms with Gasteiger partial charge in [-0.2, -0.15) is 0 Å². The van der Waals surface area contributed by atoms with Gasteiger partial charge in [-0.1, -0.05) is 23.7 Å². The van der Waals surface area contributed by atoms with Gasteiger partial charge in [-0.15, -0.1) is 0 Å². The van der Waals surface area contributed by atoms with Crippen molar-refractivity contribution in [1.82, 2.24) is 5.32 Å². The summed E-state index contributed by atoms with van der Waals surface area (Å²) in [6.45, 7) is 0.315. The van der Waals surface area contributed by atoms with E-state index >= 15 is 0 Å². The highest BCUT2D eigenvalue weighted by atomic mass is 35.5. The Bertz CT molecular complexity index is 1050. The van der Waals surface area contributed by atoms with Crippen LogP contribution >= 0.6 is 11.6 Å². The summed E-state index contributed by atoms with van der Waals surface area (Å²) in [6.07, 6.45) is 0.105. The lowest BCUT2D eigenvalue weighted by Gasteiger charge is -2.11. The van der Waals surface area contributed by atoms with Gasteiger partial charge in [0.2, 0.25) is 0 Å². The summed E-state index contributed by atoms with van der Waals surface area (Å²) < 4.78 is 48.2. The molecule has 1 heterocycles. The molecule has 0 unspecified atom stereocenters. The lowest BCUT2D eigenvalue weighted by atomic mass is 10.2. The van der Waals surface area contributed by atoms with Crippen LogP contribution in [0.2, 0.25) is 5.02 Å². The van der Waals surface area contributed by atoms with E-state index in [4.69, 9.17) is 11.6 Å². The minimum Gasteiger partial charge on any atom is -0.348 e. The summed E-state index contributed by atoms with van der Waals surface area (Å²) in [5.74, 6) is -0.793. The zero-order chi connectivity index (χ0) is 19.7. The van der Waals surface area contributed by atoms with Gasteiger partial charge < -0.3 is 5.32 Å². The van der Waals surface area contributed by atoms with Crippen LogP contribution in [0.3, 0.4) is 0 Å². The molecule has 2 aromatic rings. The predicted molar refractivity (Wildman–Crippen MR) is 103 cm³/mol. The summed E-state index contributed by atoms with van der Waals surface area (Å²) in [6, 6.07) is 12.6. The van der Waals surface area contributed by atoms with Gasteiger partial charge in [0, 0.05) is 17.1 Å². The zero-order valence-corrected chi connectivity index (χ0v) is 16.6. The van der Waals surface area contributed by atoms with E-state index in [0.717, 1.165) is 5.56 Å². The SMILES string of the molecule is O=C(NCc1ccc(Cl)cc1)c1ccc(S(=O)(=O)[C@H]2CCS(=O)(=O)C2)cc1. The van der Waals surface area contributed by atoms with Gasteiger partial charge in [-0.3, -0.25) is 4.79 Å². The largest absolute Gasteiger partial charge is 0.348 e. The number of carbonyl (C=O) groups excluding carboxylic acids is 1. The molecule has 27 heavy (non-hydrogen) atoms. The monoisotopic (exact) mass is 427 g/mol. The first kappa shape index (κ1) is 19.9. The zero-order valence-electron chi connectivity index (χ0n) is 14.3. The van der Waals surface area contributed by atoms with E-state index in [1.807, 2.05) is 0 Å². The second-order valence-electron chi connectivity index (χ2n) is 6.40. The minimum atomic E-state index is -3.73. The quantitative estimate of drug-likeness (QED) is 0.789. The van der Waals surface area contributed by atoms with Crippen molar-refractivity contribution in [2.75, 3.05) is 11.5 Å². The van der Waals surface area contributed by atoms with Crippen LogP contribution in [-0.2, 0) is 26.2 Å². The van der Waals surface area contributed by atoms with Gasteiger partial charge in [0.15, 0.2) is 19.7 Å². The first-order valence-electron chi connectivity index (χ1n) is 8.24. The van der Waals surface area contributed by atoms with E-state index in [1.54, 1.807) is 24.3 Å². The molecule has 0 spiro atoms. The maximum atomic E-state index is 12.6. The van der Waals surface area contributed by atoms with E-state index in [-0.39, 0.29) is 28.7 Å². The topological polar surface area (TPSA) is 97.4 Å². The molecule has 0 bridgehead atoms. The summed E-state index contributed by atoms with van der Waals surface area (Å²) in [7, 11) is -7.03. The Hall–Kier alpha value is -1.90. The Morgan fingerprint density at radius 1 is 1.07 bits per heavy atom. The van der Waals surface area contributed by atoms with Gasteiger partial charge in [-0.25, -0.2) is 16.8 Å². The van der Waals surface area contributed by atoms with Crippen molar-refractivity contribution in [1.29, 1.82) is 0 Å². The molecule has 1 atom stereocenters. The normalized spacial score (nSPS) is 18.9. The summed E-state index contributed by atoms with van der Waals surface area (Å²) in [5.41, 5.74) is 1.20. The van der Waals surface area contributed by atoms with Crippen molar-refractivity contribution in [3.8, 4) is 0 Å². The molecule has 1 saturated heterocycles. The standard InChI is InChI=1S/C18H18ClNO5S2/c19-15-5-1-13(2-6-15)11-20-18(21)14-3-7-16(8-4-14)27(24,25)17-9-10-26(22,23)12-17/h1-8,17H,9-12H2,(H,20,21)/t17-/m0/s1. The Kier molecular flexibility index (Phi) is 5.60. The van der Waals surface area contributed by atoms with Crippen molar-refractivity contribution < 1.29 is 21.6 Å². The van der Waals surface area contributed by atoms with Crippen molar-refractivity contribution in [3.63, 3.8) is 0 Å². The van der Waals surface area contributed by atoms with Crippen LogP contribution in [0.4, 0.5) is 0 Å². The molecule has 0 saturated carbocycles. The molecule has 1 fully saturated rings. The van der Waals surface area contributed by atoms with Crippen LogP contribution in [0.1, 0.15) is 22.3 Å². The average Bonchev–Trinajstić information content (AvgIpc) is 3.02. The van der Waals surface area contributed by atoms with Crippen LogP contribution in [0.5, 0.6) is 0 Å². The van der Waals surface area contributed by atoms with E-state index in [9.17, 15) is 21.6 Å². The molecule has 0 aromatic heterocycles. The molecule has 3 rings (SSSR count). The minimum absolute atomic E-state index is 0.0267. The molecule has 1 aliphatic heterocycles. The molecular formula is C18H18ClNO5S2. The number of benzene rings is 2. The highest BCUT2D eigenvalue weighted by Crippen LogP contribution is 2.25. The third kappa shape index (κ3) is 4.69. The van der Waals surface area contributed by atoms with Gasteiger partial charge in [0.25, 0.3) is 5.91 Å². The number of nitrogens with one attached hydrogen (secondary N) is 1. The maximum Gasteiger partial charge on any atom is 0.251 e. The van der Waals surface area contributed by atoms with Gasteiger partial charge in [0.05, 0.1) is 21.7 Å². The molecule has 0 radical (unpaired) electrons. The summed E-state index contributed by atoms with van der Waals surface area (Å²) >= 11 is 5.81. The van der Waals surface area contributed by atoms with Crippen molar-refractivity contribution in [3.05, 3.63) is 64.7 Å². The highest BCUT2D eigenvalue weighted by Gasteiger charge is 2.37. The third-order valence-corrected chi connectivity index (χ3v) is 8.88. The predicted octanol–water partition coefficient (Wildman–Crippen LogP) is 2.23. The first-order valence-corrected chi connectivity index (χ1v) is 12.0. The number of hydrogen-bond donors (Lipinski definition) is 1. The molecule has 6 nitrogen and oxygen atoms in total. The second-order valence-corrected chi connectivity index (χ2v) is 11.3. The van der Waals surface area contributed by atoms with Crippen LogP contribution in [0.25, 0.3) is 0 Å². The number of hydrogen-bond acceptors (Lipinski definition) is 5. The third-order valence-electron chi connectivity index (χ3n) is 4.44. The van der Waals surface area contributed by atoms with E-state index in [0.29, 0.717) is 17.1 Å². The number of sulfone groups is 2. The van der Waals surface area contributed by atoms with Crippen LogP contribution in [-0.4, -0.2) is 39.5 Å². The Labute approximate surface area is 163 Å². The lowest BCUT2D eigenvalue weighted by Crippen LogP contribution is -2.24. The Balaban J connectivity index is 1.67. The highest BCUT2D eigenvalue weighted by molar-refractivity contribution is 7.96. The van der Waals surface area contributed by atoms with Gasteiger partial charge >= 0.3 is 0 Å². The van der Waals surface area contributed by atoms with E-state index in [1.165, 1.54) is 24.3 Å². The molecule has 0 aliphatic carbocycles. The van der Waals surface area contributed by atoms with Crippen LogP contribution < -0.4 is 5.32 Å². The molecular weight excluding hydrogens is 410 g/mol.